The molecule has 8 heteroatoms. The maximum atomic E-state index is 11.9. The molecule has 0 aromatic heterocycles. The molecule has 0 unspecified atom stereocenters. The number of amides is 2. The van der Waals surface area contributed by atoms with Crippen molar-refractivity contribution in [3.8, 4) is 0 Å². The summed E-state index contributed by atoms with van der Waals surface area (Å²) in [5.41, 5.74) is 5.13. The number of anilines is 2. The Balaban J connectivity index is 1.86. The van der Waals surface area contributed by atoms with E-state index in [9.17, 15) is 19.2 Å². The molecule has 0 spiro atoms. The largest absolute Gasteiger partial charge is 0.478 e. The molecular formula is C28H24N2O6. The number of hydrogen-bond donors (Lipinski definition) is 4. The fourth-order valence-corrected chi connectivity index (χ4v) is 3.52. The van der Waals surface area contributed by atoms with Crippen LogP contribution in [-0.4, -0.2) is 34.0 Å². The molecule has 0 radical (unpaired) electrons. The summed E-state index contributed by atoms with van der Waals surface area (Å²) in [6.07, 6.45) is 3.43. The van der Waals surface area contributed by atoms with Crippen molar-refractivity contribution >= 4 is 35.1 Å². The summed E-state index contributed by atoms with van der Waals surface area (Å²) in [5, 5.41) is 22.5. The van der Waals surface area contributed by atoms with Gasteiger partial charge in [-0.3, -0.25) is 9.59 Å². The van der Waals surface area contributed by atoms with Crippen LogP contribution in [-0.2, 0) is 19.2 Å². The highest BCUT2D eigenvalue weighted by Gasteiger charge is 2.17. The lowest BCUT2D eigenvalue weighted by Crippen LogP contribution is -2.10. The highest BCUT2D eigenvalue weighted by atomic mass is 16.4. The quantitative estimate of drug-likeness (QED) is 0.264. The normalized spacial score (nSPS) is 11.1. The average molecular weight is 485 g/mol. The number of hydrogen-bond acceptors (Lipinski definition) is 4. The average Bonchev–Trinajstić information content (AvgIpc) is 2.85. The molecule has 0 saturated carbocycles. The molecule has 0 aliphatic carbocycles. The number of rotatable bonds is 9. The summed E-state index contributed by atoms with van der Waals surface area (Å²) in [7, 11) is 0. The molecule has 2 amide bonds. The van der Waals surface area contributed by atoms with Crippen molar-refractivity contribution in [3.63, 3.8) is 0 Å². The Kier molecular flexibility index (Phi) is 8.50. The highest BCUT2D eigenvalue weighted by molar-refractivity contribution is 6.03. The summed E-state index contributed by atoms with van der Waals surface area (Å²) in [4.78, 5) is 44.9. The molecule has 0 aliphatic rings. The number of carboxylic acid groups (broad SMARTS) is 2. The zero-order valence-corrected chi connectivity index (χ0v) is 19.3. The maximum Gasteiger partial charge on any atom is 0.328 e. The number of nitrogens with one attached hydrogen (secondary N) is 2. The minimum atomic E-state index is -1.20. The van der Waals surface area contributed by atoms with Crippen LogP contribution in [0.2, 0.25) is 0 Å². The van der Waals surface area contributed by atoms with Gasteiger partial charge in [0.1, 0.15) is 0 Å². The van der Waals surface area contributed by atoms with Crippen LogP contribution >= 0.6 is 0 Å². The van der Waals surface area contributed by atoms with Gasteiger partial charge in [0.25, 0.3) is 0 Å². The van der Waals surface area contributed by atoms with E-state index in [1.165, 1.54) is 0 Å². The number of benzene rings is 3. The van der Waals surface area contributed by atoms with Crippen LogP contribution in [0.25, 0.3) is 0 Å². The molecule has 0 heterocycles. The first-order chi connectivity index (χ1) is 17.2. The predicted molar refractivity (Wildman–Crippen MR) is 136 cm³/mol. The minimum absolute atomic E-state index is 0.140. The van der Waals surface area contributed by atoms with Crippen LogP contribution in [0.5, 0.6) is 0 Å². The number of carboxylic acids is 2. The van der Waals surface area contributed by atoms with Gasteiger partial charge in [-0.2, -0.15) is 0 Å². The number of carbonyl (C=O) groups is 4. The highest BCUT2D eigenvalue weighted by Crippen LogP contribution is 2.33. The van der Waals surface area contributed by atoms with E-state index in [2.05, 4.69) is 10.6 Å². The monoisotopic (exact) mass is 484 g/mol. The van der Waals surface area contributed by atoms with Crippen molar-refractivity contribution in [2.75, 3.05) is 10.6 Å². The topological polar surface area (TPSA) is 133 Å². The van der Waals surface area contributed by atoms with Crippen LogP contribution in [0.4, 0.5) is 11.4 Å². The smallest absolute Gasteiger partial charge is 0.328 e. The Labute approximate surface area is 207 Å². The van der Waals surface area contributed by atoms with Gasteiger partial charge in [-0.05, 0) is 47.9 Å². The summed E-state index contributed by atoms with van der Waals surface area (Å²) >= 11 is 0. The molecule has 3 aromatic rings. The van der Waals surface area contributed by atoms with E-state index in [-0.39, 0.29) is 5.92 Å². The van der Waals surface area contributed by atoms with Crippen LogP contribution in [0, 0.1) is 6.92 Å². The van der Waals surface area contributed by atoms with Gasteiger partial charge in [-0.15, -0.1) is 0 Å². The van der Waals surface area contributed by atoms with E-state index in [4.69, 9.17) is 10.2 Å². The second-order valence-corrected chi connectivity index (χ2v) is 7.91. The molecule has 0 saturated heterocycles. The van der Waals surface area contributed by atoms with Crippen LogP contribution < -0.4 is 10.6 Å². The molecule has 36 heavy (non-hydrogen) atoms. The first kappa shape index (κ1) is 25.6. The second-order valence-electron chi connectivity index (χ2n) is 7.91. The summed E-state index contributed by atoms with van der Waals surface area (Å²) in [5.74, 6) is -3.64. The minimum Gasteiger partial charge on any atom is -0.478 e. The first-order valence-corrected chi connectivity index (χ1v) is 10.9. The Hall–Kier alpha value is -4.98. The van der Waals surface area contributed by atoms with Gasteiger partial charge in [0.15, 0.2) is 0 Å². The standard InChI is InChI=1S/C28H24N2O6/c1-18-2-4-19(5-3-18)28(20-6-10-22(11-7-20)29-24(31)14-16-26(33)34)21-8-12-23(13-9-21)30-25(32)15-17-27(35)36/h2-17,28H,1H3,(H,29,31)(H,30,32)(H,33,34)(H,35,36)/b16-14+,17-15+. The molecule has 0 aliphatic heterocycles. The van der Waals surface area contributed by atoms with E-state index in [0.717, 1.165) is 46.6 Å². The Morgan fingerprint density at radius 1 is 0.583 bits per heavy atom. The number of carbonyl (C=O) groups excluding carboxylic acids is 2. The predicted octanol–water partition coefficient (Wildman–Crippen LogP) is 4.33. The van der Waals surface area contributed by atoms with Crippen molar-refractivity contribution < 1.29 is 29.4 Å². The van der Waals surface area contributed by atoms with Crippen LogP contribution in [0.3, 0.4) is 0 Å². The molecule has 4 N–H and O–H groups in total. The van der Waals surface area contributed by atoms with Gasteiger partial charge in [0, 0.05) is 41.6 Å². The Bertz CT molecular complexity index is 1230. The third-order valence-electron chi connectivity index (χ3n) is 5.19. The molecule has 8 nitrogen and oxygen atoms in total. The van der Waals surface area contributed by atoms with E-state index >= 15 is 0 Å². The lowest BCUT2D eigenvalue weighted by atomic mass is 9.85. The van der Waals surface area contributed by atoms with Gasteiger partial charge in [-0.1, -0.05) is 54.1 Å². The summed E-state index contributed by atoms with van der Waals surface area (Å²) in [6.45, 7) is 2.01. The van der Waals surface area contributed by atoms with Gasteiger partial charge in [-0.25, -0.2) is 9.59 Å². The fraction of sp³-hybridized carbons (Fsp3) is 0.0714. The van der Waals surface area contributed by atoms with Crippen molar-refractivity contribution in [1.29, 1.82) is 0 Å². The first-order valence-electron chi connectivity index (χ1n) is 10.9. The lowest BCUT2D eigenvalue weighted by Gasteiger charge is -2.20. The van der Waals surface area contributed by atoms with Crippen LogP contribution in [0.1, 0.15) is 28.2 Å². The lowest BCUT2D eigenvalue weighted by molar-refractivity contribution is -0.132. The number of aryl methyl sites for hydroxylation is 1. The Morgan fingerprint density at radius 2 is 0.917 bits per heavy atom. The van der Waals surface area contributed by atoms with Crippen LogP contribution in [0.15, 0.2) is 97.1 Å². The van der Waals surface area contributed by atoms with E-state index in [0.29, 0.717) is 11.4 Å². The zero-order valence-electron chi connectivity index (χ0n) is 19.3. The third-order valence-corrected chi connectivity index (χ3v) is 5.19. The van der Waals surface area contributed by atoms with Gasteiger partial charge in [0.05, 0.1) is 0 Å². The molecule has 3 rings (SSSR count). The summed E-state index contributed by atoms with van der Waals surface area (Å²) < 4.78 is 0. The molecule has 182 valence electrons. The number of aliphatic carboxylic acids is 2. The van der Waals surface area contributed by atoms with Crippen molar-refractivity contribution in [3.05, 3.63) is 119 Å². The maximum absolute atomic E-state index is 11.9. The van der Waals surface area contributed by atoms with E-state index in [1.54, 1.807) is 24.3 Å². The van der Waals surface area contributed by atoms with Gasteiger partial charge in [0.2, 0.25) is 11.8 Å². The van der Waals surface area contributed by atoms with Crippen molar-refractivity contribution in [2.45, 2.75) is 12.8 Å². The fourth-order valence-electron chi connectivity index (χ4n) is 3.52. The zero-order chi connectivity index (χ0) is 26.1. The molecule has 0 fully saturated rings. The second kappa shape index (κ2) is 11.9. The molecule has 0 atom stereocenters. The van der Waals surface area contributed by atoms with E-state index < -0.39 is 23.8 Å². The molecule has 0 bridgehead atoms. The van der Waals surface area contributed by atoms with Gasteiger partial charge < -0.3 is 20.8 Å². The third kappa shape index (κ3) is 7.53. The van der Waals surface area contributed by atoms with Gasteiger partial charge >= 0.3 is 11.9 Å². The summed E-state index contributed by atoms with van der Waals surface area (Å²) in [6, 6.07) is 22.6. The van der Waals surface area contributed by atoms with E-state index in [1.807, 2.05) is 55.5 Å². The molecular weight excluding hydrogens is 460 g/mol. The SMILES string of the molecule is Cc1ccc(C(c2ccc(NC(=O)/C=C/C(=O)O)cc2)c2ccc(NC(=O)/C=C/C(=O)O)cc2)cc1. The molecule has 3 aromatic carbocycles. The van der Waals surface area contributed by atoms with Crippen molar-refractivity contribution in [1.82, 2.24) is 0 Å². The van der Waals surface area contributed by atoms with Crippen molar-refractivity contribution in [2.24, 2.45) is 0 Å². The Morgan fingerprint density at radius 3 is 1.25 bits per heavy atom.